The summed E-state index contributed by atoms with van der Waals surface area (Å²) in [4.78, 5) is 14.9. The second-order valence-electron chi connectivity index (χ2n) is 9.55. The second kappa shape index (κ2) is 14.1. The Morgan fingerprint density at radius 2 is 1.61 bits per heavy atom. The molecular formula is C30H36FN5O2. The molecule has 1 amide bonds. The fourth-order valence-electron chi connectivity index (χ4n) is 4.51. The molecule has 0 aromatic heterocycles. The van der Waals surface area contributed by atoms with Crippen LogP contribution in [0.3, 0.4) is 0 Å². The molecule has 7 nitrogen and oxygen atoms in total. The second-order valence-corrected chi connectivity index (χ2v) is 9.55. The van der Waals surface area contributed by atoms with Gasteiger partial charge in [0, 0.05) is 31.2 Å². The van der Waals surface area contributed by atoms with E-state index < -0.39 is 0 Å². The minimum atomic E-state index is -0.313. The summed E-state index contributed by atoms with van der Waals surface area (Å²) in [5.41, 5.74) is 1.88. The highest BCUT2D eigenvalue weighted by Crippen LogP contribution is 2.23. The number of halogens is 1. The van der Waals surface area contributed by atoms with Gasteiger partial charge in [-0.2, -0.15) is 0 Å². The average Bonchev–Trinajstić information content (AvgIpc) is 3.44. The van der Waals surface area contributed by atoms with Gasteiger partial charge < -0.3 is 25.6 Å². The van der Waals surface area contributed by atoms with Crippen molar-refractivity contribution in [3.63, 3.8) is 0 Å². The van der Waals surface area contributed by atoms with Crippen LogP contribution in [-0.4, -0.2) is 49.0 Å². The van der Waals surface area contributed by atoms with Gasteiger partial charge >= 0.3 is 0 Å². The highest BCUT2D eigenvalue weighted by atomic mass is 19.1. The van der Waals surface area contributed by atoms with Gasteiger partial charge in [0.2, 0.25) is 5.91 Å². The number of benzene rings is 3. The molecule has 0 aliphatic carbocycles. The van der Waals surface area contributed by atoms with Gasteiger partial charge in [-0.25, -0.2) is 4.39 Å². The van der Waals surface area contributed by atoms with E-state index in [1.54, 1.807) is 24.3 Å². The van der Waals surface area contributed by atoms with E-state index in [0.717, 1.165) is 30.9 Å². The molecule has 4 rings (SSSR count). The Morgan fingerprint density at radius 1 is 0.947 bits per heavy atom. The number of likely N-dealkylation sites (tertiary alicyclic amines) is 1. The van der Waals surface area contributed by atoms with Gasteiger partial charge in [-0.1, -0.05) is 30.3 Å². The highest BCUT2D eigenvalue weighted by molar-refractivity contribution is 5.91. The van der Waals surface area contributed by atoms with Crippen molar-refractivity contribution in [2.75, 3.05) is 31.5 Å². The lowest BCUT2D eigenvalue weighted by molar-refractivity contribution is -0.121. The summed E-state index contributed by atoms with van der Waals surface area (Å²) in [6.07, 6.45) is 4.20. The van der Waals surface area contributed by atoms with Gasteiger partial charge in [-0.05, 0) is 92.9 Å². The summed E-state index contributed by atoms with van der Waals surface area (Å²) in [6, 6.07) is 23.0. The van der Waals surface area contributed by atoms with Crippen LogP contribution in [0, 0.1) is 11.2 Å². The first kappa shape index (κ1) is 27.1. The van der Waals surface area contributed by atoms with E-state index in [4.69, 9.17) is 10.1 Å². The summed E-state index contributed by atoms with van der Waals surface area (Å²) >= 11 is 0. The zero-order valence-electron chi connectivity index (χ0n) is 21.6. The Morgan fingerprint density at radius 3 is 2.29 bits per heavy atom. The van der Waals surface area contributed by atoms with Crippen molar-refractivity contribution in [3.8, 4) is 11.5 Å². The standard InChI is InChI=1S/C30H36FN5O2/c31-24-8-13-27(14-9-24)38-28-15-10-25(11-16-28)34-30(32)35-26(22-23-6-2-1-3-7-23)12-17-29(37)33-18-21-36-19-4-5-20-36/h1-3,6-11,13-16,26H,4-5,12,17-22H2,(H,33,37)(H3,32,34,35)/t26-/m1/s1. The zero-order chi connectivity index (χ0) is 26.6. The predicted molar refractivity (Wildman–Crippen MR) is 149 cm³/mol. The monoisotopic (exact) mass is 517 g/mol. The van der Waals surface area contributed by atoms with Crippen molar-refractivity contribution in [1.29, 1.82) is 5.41 Å². The van der Waals surface area contributed by atoms with Gasteiger partial charge in [-0.3, -0.25) is 10.2 Å². The maximum Gasteiger partial charge on any atom is 0.220 e. The quantitative estimate of drug-likeness (QED) is 0.197. The molecule has 1 aliphatic rings. The largest absolute Gasteiger partial charge is 0.457 e. The minimum Gasteiger partial charge on any atom is -0.457 e. The average molecular weight is 518 g/mol. The number of hydrogen-bond donors (Lipinski definition) is 4. The van der Waals surface area contributed by atoms with E-state index in [-0.39, 0.29) is 23.7 Å². The smallest absolute Gasteiger partial charge is 0.220 e. The fourth-order valence-corrected chi connectivity index (χ4v) is 4.51. The summed E-state index contributed by atoms with van der Waals surface area (Å²) in [5.74, 6) is 1.05. The Balaban J connectivity index is 1.26. The van der Waals surface area contributed by atoms with E-state index >= 15 is 0 Å². The van der Waals surface area contributed by atoms with Gasteiger partial charge in [0.25, 0.3) is 0 Å². The van der Waals surface area contributed by atoms with Crippen LogP contribution in [0.4, 0.5) is 10.1 Å². The van der Waals surface area contributed by atoms with Gasteiger partial charge in [0.15, 0.2) is 5.96 Å². The molecule has 0 unspecified atom stereocenters. The Hall–Kier alpha value is -3.91. The van der Waals surface area contributed by atoms with Crippen molar-refractivity contribution in [2.45, 2.75) is 38.1 Å². The summed E-state index contributed by atoms with van der Waals surface area (Å²) in [7, 11) is 0. The van der Waals surface area contributed by atoms with Crippen LogP contribution in [0.2, 0.25) is 0 Å². The number of hydrogen-bond acceptors (Lipinski definition) is 4. The molecule has 0 radical (unpaired) electrons. The minimum absolute atomic E-state index is 0.0419. The molecule has 4 N–H and O–H groups in total. The third-order valence-electron chi connectivity index (χ3n) is 6.52. The van der Waals surface area contributed by atoms with Crippen LogP contribution in [0.25, 0.3) is 0 Å². The molecule has 3 aromatic carbocycles. The maximum absolute atomic E-state index is 13.1. The number of rotatable bonds is 12. The van der Waals surface area contributed by atoms with Gasteiger partial charge in [0.05, 0.1) is 0 Å². The number of nitrogens with zero attached hydrogens (tertiary/aromatic N) is 1. The molecule has 0 spiro atoms. The molecule has 1 heterocycles. The van der Waals surface area contributed by atoms with Crippen LogP contribution in [0.15, 0.2) is 78.9 Å². The van der Waals surface area contributed by atoms with Crippen molar-refractivity contribution < 1.29 is 13.9 Å². The zero-order valence-corrected chi connectivity index (χ0v) is 21.6. The number of anilines is 1. The molecule has 1 saturated heterocycles. The SMILES string of the molecule is N=C(Nc1ccc(Oc2ccc(F)cc2)cc1)N[C@H](CCC(=O)NCCN1CCCC1)Cc1ccccc1. The van der Waals surface area contributed by atoms with E-state index in [2.05, 4.69) is 33.0 Å². The van der Waals surface area contributed by atoms with Crippen LogP contribution in [0.5, 0.6) is 11.5 Å². The molecule has 0 saturated carbocycles. The van der Waals surface area contributed by atoms with Crippen molar-refractivity contribution >= 4 is 17.6 Å². The summed E-state index contributed by atoms with van der Waals surface area (Å²) < 4.78 is 18.8. The first-order valence-electron chi connectivity index (χ1n) is 13.2. The topological polar surface area (TPSA) is 89.5 Å². The molecule has 1 atom stereocenters. The molecular weight excluding hydrogens is 481 g/mol. The van der Waals surface area contributed by atoms with E-state index in [9.17, 15) is 9.18 Å². The van der Waals surface area contributed by atoms with E-state index in [1.807, 2.05) is 30.3 Å². The number of amides is 1. The lowest BCUT2D eigenvalue weighted by Crippen LogP contribution is -2.41. The van der Waals surface area contributed by atoms with Gasteiger partial charge in [-0.15, -0.1) is 0 Å². The molecule has 1 fully saturated rings. The van der Waals surface area contributed by atoms with Crippen LogP contribution < -0.4 is 20.7 Å². The maximum atomic E-state index is 13.1. The van der Waals surface area contributed by atoms with Crippen molar-refractivity contribution in [3.05, 3.63) is 90.2 Å². The van der Waals surface area contributed by atoms with Gasteiger partial charge in [0.1, 0.15) is 17.3 Å². The van der Waals surface area contributed by atoms with Crippen LogP contribution in [-0.2, 0) is 11.2 Å². The number of ether oxygens (including phenoxy) is 1. The fraction of sp³-hybridized carbons (Fsp3) is 0.333. The highest BCUT2D eigenvalue weighted by Gasteiger charge is 2.15. The first-order chi connectivity index (χ1) is 18.5. The Bertz CT molecular complexity index is 1150. The third kappa shape index (κ3) is 9.19. The Labute approximate surface area is 223 Å². The molecule has 0 bridgehead atoms. The van der Waals surface area contributed by atoms with E-state index in [0.29, 0.717) is 37.3 Å². The predicted octanol–water partition coefficient (Wildman–Crippen LogP) is 5.16. The Kier molecular flexibility index (Phi) is 10.1. The number of carbonyl (C=O) groups excluding carboxylic acids is 1. The molecule has 3 aromatic rings. The molecule has 200 valence electrons. The first-order valence-corrected chi connectivity index (χ1v) is 13.2. The summed E-state index contributed by atoms with van der Waals surface area (Å²) in [6.45, 7) is 3.82. The van der Waals surface area contributed by atoms with Crippen LogP contribution in [0.1, 0.15) is 31.2 Å². The summed E-state index contributed by atoms with van der Waals surface area (Å²) in [5, 5.41) is 17.8. The lowest BCUT2D eigenvalue weighted by atomic mass is 10.0. The van der Waals surface area contributed by atoms with E-state index in [1.165, 1.54) is 25.0 Å². The number of nitrogens with one attached hydrogen (secondary N) is 4. The third-order valence-corrected chi connectivity index (χ3v) is 6.52. The molecule has 1 aliphatic heterocycles. The number of carbonyl (C=O) groups is 1. The van der Waals surface area contributed by atoms with Crippen molar-refractivity contribution in [1.82, 2.24) is 15.5 Å². The molecule has 38 heavy (non-hydrogen) atoms. The van der Waals surface area contributed by atoms with Crippen LogP contribution >= 0.6 is 0 Å². The number of guanidine groups is 1. The lowest BCUT2D eigenvalue weighted by Gasteiger charge is -2.21. The molecule has 8 heteroatoms. The van der Waals surface area contributed by atoms with Crippen molar-refractivity contribution in [2.24, 2.45) is 0 Å². The normalized spacial score (nSPS) is 14.0.